The first kappa shape index (κ1) is 14.9. The lowest BCUT2D eigenvalue weighted by Crippen LogP contribution is -1.93. The first-order valence-electron chi connectivity index (χ1n) is 6.69. The number of carbonyl (C=O) groups is 1. The van der Waals surface area contributed by atoms with Crippen molar-refractivity contribution in [2.75, 3.05) is 6.61 Å². The molecule has 3 rings (SSSR count). The molecule has 4 nitrogen and oxygen atoms in total. The summed E-state index contributed by atoms with van der Waals surface area (Å²) in [7, 11) is 0. The SMILES string of the molecule is CCOc1ccc(-c2nc3c(Cl)cc(Cl)cn3c2C=O)cc1. The minimum Gasteiger partial charge on any atom is -0.494 e. The summed E-state index contributed by atoms with van der Waals surface area (Å²) in [6, 6.07) is 8.99. The molecular formula is C16H12Cl2N2O2. The minimum absolute atomic E-state index is 0.396. The molecule has 0 radical (unpaired) electrons. The number of halogens is 2. The molecule has 0 amide bonds. The summed E-state index contributed by atoms with van der Waals surface area (Å²) in [5.74, 6) is 0.767. The Morgan fingerprint density at radius 1 is 1.27 bits per heavy atom. The molecule has 0 spiro atoms. The van der Waals surface area contributed by atoms with Crippen molar-refractivity contribution in [1.82, 2.24) is 9.38 Å². The number of rotatable bonds is 4. The van der Waals surface area contributed by atoms with E-state index in [2.05, 4.69) is 4.98 Å². The van der Waals surface area contributed by atoms with Crippen molar-refractivity contribution in [1.29, 1.82) is 0 Å². The quantitative estimate of drug-likeness (QED) is 0.659. The van der Waals surface area contributed by atoms with Gasteiger partial charge >= 0.3 is 0 Å². The maximum absolute atomic E-state index is 11.5. The largest absolute Gasteiger partial charge is 0.494 e. The van der Waals surface area contributed by atoms with E-state index >= 15 is 0 Å². The van der Waals surface area contributed by atoms with Gasteiger partial charge in [0.25, 0.3) is 0 Å². The van der Waals surface area contributed by atoms with Crippen LogP contribution in [0.1, 0.15) is 17.4 Å². The molecule has 1 aromatic carbocycles. The fourth-order valence-corrected chi connectivity index (χ4v) is 2.80. The monoisotopic (exact) mass is 334 g/mol. The molecular weight excluding hydrogens is 323 g/mol. The number of fused-ring (bicyclic) bond motifs is 1. The van der Waals surface area contributed by atoms with Gasteiger partial charge in [0.05, 0.1) is 16.7 Å². The van der Waals surface area contributed by atoms with Crippen LogP contribution in [0.3, 0.4) is 0 Å². The number of nitrogens with zero attached hydrogens (tertiary/aromatic N) is 2. The molecule has 22 heavy (non-hydrogen) atoms. The molecule has 0 aliphatic rings. The van der Waals surface area contributed by atoms with Crippen molar-refractivity contribution in [2.24, 2.45) is 0 Å². The molecule has 0 unspecified atom stereocenters. The van der Waals surface area contributed by atoms with Gasteiger partial charge in [0.1, 0.15) is 17.1 Å². The second-order valence-electron chi connectivity index (χ2n) is 4.62. The predicted octanol–water partition coefficient (Wildman–Crippen LogP) is 4.52. The maximum atomic E-state index is 11.5. The van der Waals surface area contributed by atoms with Crippen LogP contribution in [0.5, 0.6) is 5.75 Å². The van der Waals surface area contributed by atoms with Crippen molar-refractivity contribution in [2.45, 2.75) is 6.92 Å². The minimum atomic E-state index is 0.396. The molecule has 2 aromatic heterocycles. The van der Waals surface area contributed by atoms with E-state index in [0.717, 1.165) is 17.6 Å². The lowest BCUT2D eigenvalue weighted by atomic mass is 10.1. The number of benzene rings is 1. The molecule has 3 aromatic rings. The van der Waals surface area contributed by atoms with Crippen molar-refractivity contribution < 1.29 is 9.53 Å². The highest BCUT2D eigenvalue weighted by Gasteiger charge is 2.16. The van der Waals surface area contributed by atoms with Gasteiger partial charge in [-0.05, 0) is 37.3 Å². The van der Waals surface area contributed by atoms with E-state index in [0.29, 0.717) is 33.7 Å². The number of aldehydes is 1. The Morgan fingerprint density at radius 3 is 2.64 bits per heavy atom. The fraction of sp³-hybridized carbons (Fsp3) is 0.125. The van der Waals surface area contributed by atoms with Crippen molar-refractivity contribution in [3.8, 4) is 17.0 Å². The molecule has 0 bridgehead atoms. The van der Waals surface area contributed by atoms with Crippen LogP contribution in [0.15, 0.2) is 36.5 Å². The third kappa shape index (κ3) is 2.56. The molecule has 0 saturated carbocycles. The number of pyridine rings is 1. The van der Waals surface area contributed by atoms with Crippen LogP contribution in [-0.4, -0.2) is 22.3 Å². The highest BCUT2D eigenvalue weighted by molar-refractivity contribution is 6.36. The van der Waals surface area contributed by atoms with Crippen LogP contribution in [-0.2, 0) is 0 Å². The third-order valence-corrected chi connectivity index (χ3v) is 3.71. The Bertz CT molecular complexity index is 841. The van der Waals surface area contributed by atoms with E-state index in [4.69, 9.17) is 27.9 Å². The third-order valence-electron chi connectivity index (χ3n) is 3.23. The number of hydrogen-bond donors (Lipinski definition) is 0. The van der Waals surface area contributed by atoms with Crippen LogP contribution >= 0.6 is 23.2 Å². The number of aromatic nitrogens is 2. The molecule has 0 aliphatic carbocycles. The molecule has 6 heteroatoms. The smallest absolute Gasteiger partial charge is 0.169 e. The second kappa shape index (κ2) is 5.99. The van der Waals surface area contributed by atoms with Gasteiger partial charge in [0.15, 0.2) is 11.9 Å². The zero-order valence-corrected chi connectivity index (χ0v) is 13.2. The van der Waals surface area contributed by atoms with Gasteiger partial charge in [0.2, 0.25) is 0 Å². The summed E-state index contributed by atoms with van der Waals surface area (Å²) >= 11 is 12.2. The lowest BCUT2D eigenvalue weighted by molar-refractivity contribution is 0.111. The summed E-state index contributed by atoms with van der Waals surface area (Å²) in [6.45, 7) is 2.52. The van der Waals surface area contributed by atoms with E-state index < -0.39 is 0 Å². The van der Waals surface area contributed by atoms with Gasteiger partial charge in [-0.3, -0.25) is 9.20 Å². The summed E-state index contributed by atoms with van der Waals surface area (Å²) in [4.78, 5) is 16.0. The van der Waals surface area contributed by atoms with Crippen LogP contribution in [0.2, 0.25) is 10.0 Å². The van der Waals surface area contributed by atoms with Crippen LogP contribution in [0, 0.1) is 0 Å². The predicted molar refractivity (Wildman–Crippen MR) is 87.2 cm³/mol. The molecule has 0 atom stereocenters. The Morgan fingerprint density at radius 2 is 2.00 bits per heavy atom. The summed E-state index contributed by atoms with van der Waals surface area (Å²) < 4.78 is 7.01. The topological polar surface area (TPSA) is 43.6 Å². The average molecular weight is 335 g/mol. The molecule has 0 N–H and O–H groups in total. The second-order valence-corrected chi connectivity index (χ2v) is 5.46. The Labute approximate surface area is 137 Å². The standard InChI is InChI=1S/C16H12Cl2N2O2/c1-2-22-12-5-3-10(4-6-12)15-14(9-21)20-8-11(17)7-13(18)16(20)19-15/h3-9H,2H2,1H3. The van der Waals surface area contributed by atoms with Gasteiger partial charge in [-0.15, -0.1) is 0 Å². The lowest BCUT2D eigenvalue weighted by Gasteiger charge is -2.04. The zero-order valence-electron chi connectivity index (χ0n) is 11.7. The highest BCUT2D eigenvalue weighted by atomic mass is 35.5. The van der Waals surface area contributed by atoms with Crippen LogP contribution in [0.4, 0.5) is 0 Å². The number of hydrogen-bond acceptors (Lipinski definition) is 3. The Hall–Kier alpha value is -2.04. The molecule has 0 fully saturated rings. The van der Waals surface area contributed by atoms with Gasteiger partial charge < -0.3 is 4.74 Å². The number of ether oxygens (including phenoxy) is 1. The van der Waals surface area contributed by atoms with E-state index in [1.54, 1.807) is 16.7 Å². The molecule has 112 valence electrons. The van der Waals surface area contributed by atoms with Crippen molar-refractivity contribution in [3.63, 3.8) is 0 Å². The van der Waals surface area contributed by atoms with Crippen LogP contribution in [0.25, 0.3) is 16.9 Å². The first-order valence-corrected chi connectivity index (χ1v) is 7.45. The summed E-state index contributed by atoms with van der Waals surface area (Å²) in [5, 5.41) is 0.837. The van der Waals surface area contributed by atoms with E-state index in [9.17, 15) is 4.79 Å². The van der Waals surface area contributed by atoms with Gasteiger partial charge in [-0.1, -0.05) is 23.2 Å². The maximum Gasteiger partial charge on any atom is 0.169 e. The van der Waals surface area contributed by atoms with E-state index in [-0.39, 0.29) is 0 Å². The van der Waals surface area contributed by atoms with Crippen LogP contribution < -0.4 is 4.74 Å². The number of carbonyl (C=O) groups excluding carboxylic acids is 1. The summed E-state index contributed by atoms with van der Waals surface area (Å²) in [6.07, 6.45) is 2.37. The zero-order chi connectivity index (χ0) is 15.7. The van der Waals surface area contributed by atoms with Gasteiger partial charge in [-0.2, -0.15) is 0 Å². The average Bonchev–Trinajstić information content (AvgIpc) is 2.87. The summed E-state index contributed by atoms with van der Waals surface area (Å²) in [5.41, 5.74) is 2.27. The van der Waals surface area contributed by atoms with E-state index in [1.807, 2.05) is 31.2 Å². The highest BCUT2D eigenvalue weighted by Crippen LogP contribution is 2.29. The van der Waals surface area contributed by atoms with Gasteiger partial charge in [-0.25, -0.2) is 4.98 Å². The normalized spacial score (nSPS) is 10.9. The van der Waals surface area contributed by atoms with E-state index in [1.165, 1.54) is 0 Å². The number of imidazole rings is 1. The Balaban J connectivity index is 2.18. The molecule has 0 aliphatic heterocycles. The van der Waals surface area contributed by atoms with Crippen molar-refractivity contribution >= 4 is 35.1 Å². The Kier molecular flexibility index (Phi) is 4.05. The first-order chi connectivity index (χ1) is 10.6. The van der Waals surface area contributed by atoms with Crippen molar-refractivity contribution in [3.05, 3.63) is 52.3 Å². The fourth-order valence-electron chi connectivity index (χ4n) is 2.29. The molecule has 2 heterocycles. The van der Waals surface area contributed by atoms with Gasteiger partial charge in [0, 0.05) is 11.8 Å². The molecule has 0 saturated heterocycles.